The zero-order valence-electron chi connectivity index (χ0n) is 14.2. The normalized spacial score (nSPS) is 15.7. The van der Waals surface area contributed by atoms with E-state index in [1.54, 1.807) is 0 Å². The highest BCUT2D eigenvalue weighted by molar-refractivity contribution is 7.88. The first kappa shape index (κ1) is 18.2. The van der Waals surface area contributed by atoms with Gasteiger partial charge in [0.25, 0.3) is 0 Å². The molecule has 0 atom stereocenters. The molecule has 0 saturated heterocycles. The predicted octanol–water partition coefficient (Wildman–Crippen LogP) is 1.39. The van der Waals surface area contributed by atoms with Crippen molar-refractivity contribution in [1.29, 1.82) is 0 Å². The largest absolute Gasteiger partial charge is 0.396 e. The first-order valence-corrected chi connectivity index (χ1v) is 10.3. The lowest BCUT2D eigenvalue weighted by molar-refractivity contribution is 0.256. The quantitative estimate of drug-likeness (QED) is 0.546. The molecule has 0 fully saturated rings. The molecule has 25 heavy (non-hydrogen) atoms. The molecule has 2 aliphatic rings. The molecular formula is C17H25N3O4S. The third-order valence-electron chi connectivity index (χ3n) is 4.82. The van der Waals surface area contributed by atoms with Crippen LogP contribution in [-0.2, 0) is 35.9 Å². The van der Waals surface area contributed by atoms with E-state index in [0.717, 1.165) is 55.3 Å². The molecule has 0 radical (unpaired) electrons. The van der Waals surface area contributed by atoms with Crippen LogP contribution in [0, 0.1) is 0 Å². The standard InChI is InChI=1S/C17H25N3O4S/c21-10-2-1-9-18-25(23,24)20-17(22)19-16-14-7-3-5-12(14)11-13-6-4-8-15(13)16/h11,18,21H,1-10H2,(H2,19,20,22). The zero-order valence-corrected chi connectivity index (χ0v) is 15.0. The van der Waals surface area contributed by atoms with Crippen LogP contribution in [0.25, 0.3) is 0 Å². The van der Waals surface area contributed by atoms with Crippen LogP contribution in [0.2, 0.25) is 0 Å². The van der Waals surface area contributed by atoms with Crippen LogP contribution >= 0.6 is 0 Å². The van der Waals surface area contributed by atoms with Crippen molar-refractivity contribution in [2.45, 2.75) is 51.4 Å². The molecule has 2 amide bonds. The highest BCUT2D eigenvalue weighted by Gasteiger charge is 2.25. The van der Waals surface area contributed by atoms with E-state index >= 15 is 0 Å². The van der Waals surface area contributed by atoms with Crippen LogP contribution in [0.5, 0.6) is 0 Å². The lowest BCUT2D eigenvalue weighted by atomic mass is 9.99. The fourth-order valence-electron chi connectivity index (χ4n) is 3.71. The van der Waals surface area contributed by atoms with E-state index in [-0.39, 0.29) is 13.2 Å². The van der Waals surface area contributed by atoms with Gasteiger partial charge >= 0.3 is 16.2 Å². The van der Waals surface area contributed by atoms with E-state index in [4.69, 9.17) is 5.11 Å². The number of rotatable bonds is 7. The second-order valence-electron chi connectivity index (χ2n) is 6.62. The van der Waals surface area contributed by atoms with Gasteiger partial charge in [0.2, 0.25) is 0 Å². The highest BCUT2D eigenvalue weighted by atomic mass is 32.2. The first-order chi connectivity index (χ1) is 12.0. The van der Waals surface area contributed by atoms with Crippen molar-refractivity contribution in [3.63, 3.8) is 0 Å². The van der Waals surface area contributed by atoms with Gasteiger partial charge in [-0.3, -0.25) is 0 Å². The number of urea groups is 1. The molecular weight excluding hydrogens is 342 g/mol. The Morgan fingerprint density at radius 3 is 2.28 bits per heavy atom. The number of aryl methyl sites for hydroxylation is 2. The van der Waals surface area contributed by atoms with Gasteiger partial charge in [0.15, 0.2) is 0 Å². The van der Waals surface area contributed by atoms with E-state index in [1.165, 1.54) is 11.1 Å². The number of carbonyl (C=O) groups is 1. The Hall–Kier alpha value is -1.64. The van der Waals surface area contributed by atoms with Gasteiger partial charge in [-0.2, -0.15) is 13.1 Å². The maximum absolute atomic E-state index is 12.2. The van der Waals surface area contributed by atoms with E-state index in [2.05, 4.69) is 16.1 Å². The van der Waals surface area contributed by atoms with Crippen LogP contribution in [0.15, 0.2) is 6.07 Å². The minimum absolute atomic E-state index is 0.0138. The highest BCUT2D eigenvalue weighted by Crippen LogP contribution is 2.38. The summed E-state index contributed by atoms with van der Waals surface area (Å²) in [4.78, 5) is 12.2. The summed E-state index contributed by atoms with van der Waals surface area (Å²) in [6, 6.07) is 1.52. The van der Waals surface area contributed by atoms with Gasteiger partial charge < -0.3 is 10.4 Å². The number of aliphatic hydroxyl groups is 1. The molecule has 1 aromatic carbocycles. The number of hydrogen-bond acceptors (Lipinski definition) is 4. The summed E-state index contributed by atoms with van der Waals surface area (Å²) in [7, 11) is -3.90. The molecule has 0 saturated carbocycles. The molecule has 1 aromatic rings. The average Bonchev–Trinajstić information content (AvgIpc) is 3.19. The molecule has 4 N–H and O–H groups in total. The van der Waals surface area contributed by atoms with Crippen molar-refractivity contribution in [3.05, 3.63) is 28.3 Å². The molecule has 8 heteroatoms. The van der Waals surface area contributed by atoms with Gasteiger partial charge in [-0.25, -0.2) is 9.52 Å². The summed E-state index contributed by atoms with van der Waals surface area (Å²) in [5, 5.41) is 11.5. The third kappa shape index (κ3) is 4.31. The molecule has 0 bridgehead atoms. The van der Waals surface area contributed by atoms with Gasteiger partial charge in [0.05, 0.1) is 0 Å². The molecule has 0 spiro atoms. The van der Waals surface area contributed by atoms with E-state index in [0.29, 0.717) is 12.8 Å². The molecule has 0 heterocycles. The van der Waals surface area contributed by atoms with Crippen molar-refractivity contribution >= 4 is 21.9 Å². The van der Waals surface area contributed by atoms with Gasteiger partial charge in [0, 0.05) is 18.8 Å². The fraction of sp³-hybridized carbons (Fsp3) is 0.588. The van der Waals surface area contributed by atoms with Gasteiger partial charge in [0.1, 0.15) is 0 Å². The summed E-state index contributed by atoms with van der Waals surface area (Å²) in [5.41, 5.74) is 5.69. The van der Waals surface area contributed by atoms with Crippen molar-refractivity contribution < 1.29 is 18.3 Å². The van der Waals surface area contributed by atoms with E-state index < -0.39 is 16.2 Å². The molecule has 7 nitrogen and oxygen atoms in total. The zero-order chi connectivity index (χ0) is 17.9. The Kier molecular flexibility index (Phi) is 5.61. The molecule has 138 valence electrons. The molecule has 0 aromatic heterocycles. The molecule has 0 unspecified atom stereocenters. The van der Waals surface area contributed by atoms with Crippen LogP contribution in [0.4, 0.5) is 10.5 Å². The van der Waals surface area contributed by atoms with Crippen molar-refractivity contribution in [2.75, 3.05) is 18.5 Å². The first-order valence-electron chi connectivity index (χ1n) is 8.86. The van der Waals surface area contributed by atoms with Crippen LogP contribution in [0.1, 0.15) is 47.9 Å². The van der Waals surface area contributed by atoms with Crippen LogP contribution in [0.3, 0.4) is 0 Å². The Bertz CT molecular complexity index is 729. The lowest BCUT2D eigenvalue weighted by Gasteiger charge is -2.16. The monoisotopic (exact) mass is 367 g/mol. The Morgan fingerprint density at radius 2 is 1.68 bits per heavy atom. The Morgan fingerprint density at radius 1 is 1.04 bits per heavy atom. The predicted molar refractivity (Wildman–Crippen MR) is 95.9 cm³/mol. The number of anilines is 1. The number of nitrogens with one attached hydrogen (secondary N) is 3. The van der Waals surface area contributed by atoms with E-state index in [9.17, 15) is 13.2 Å². The maximum atomic E-state index is 12.2. The molecule has 0 aliphatic heterocycles. The van der Waals surface area contributed by atoms with Gasteiger partial charge in [-0.1, -0.05) is 6.07 Å². The minimum Gasteiger partial charge on any atom is -0.396 e. The second-order valence-corrected chi connectivity index (χ2v) is 8.12. The molecule has 3 rings (SSSR count). The van der Waals surface area contributed by atoms with Crippen molar-refractivity contribution in [1.82, 2.24) is 9.44 Å². The number of unbranched alkanes of at least 4 members (excludes halogenated alkanes) is 1. The lowest BCUT2D eigenvalue weighted by Crippen LogP contribution is -2.42. The number of hydrogen-bond donors (Lipinski definition) is 4. The number of amides is 2. The summed E-state index contributed by atoms with van der Waals surface area (Å²) in [5.74, 6) is 0. The Labute approximate surface area is 148 Å². The SMILES string of the molecule is O=C(Nc1c2c(cc3c1CCC3)CCC2)NS(=O)(=O)NCCCCO. The Balaban J connectivity index is 1.68. The average molecular weight is 367 g/mol. The van der Waals surface area contributed by atoms with E-state index in [1.807, 2.05) is 4.72 Å². The number of fused-ring (bicyclic) bond motifs is 2. The van der Waals surface area contributed by atoms with Gasteiger partial charge in [-0.15, -0.1) is 0 Å². The fourth-order valence-corrected chi connectivity index (χ4v) is 4.49. The van der Waals surface area contributed by atoms with Crippen molar-refractivity contribution in [3.8, 4) is 0 Å². The number of aliphatic hydroxyl groups excluding tert-OH is 1. The maximum Gasteiger partial charge on any atom is 0.333 e. The topological polar surface area (TPSA) is 108 Å². The molecule has 2 aliphatic carbocycles. The number of carbonyl (C=O) groups excluding carboxylic acids is 1. The van der Waals surface area contributed by atoms with Gasteiger partial charge in [-0.05, 0) is 73.6 Å². The summed E-state index contributed by atoms with van der Waals surface area (Å²) in [6.07, 6.45) is 7.04. The number of benzene rings is 1. The smallest absolute Gasteiger partial charge is 0.333 e. The second kappa shape index (κ2) is 7.72. The third-order valence-corrected chi connectivity index (χ3v) is 5.85. The summed E-state index contributed by atoms with van der Waals surface area (Å²) < 4.78 is 28.1. The van der Waals surface area contributed by atoms with Crippen molar-refractivity contribution in [2.24, 2.45) is 0 Å². The van der Waals surface area contributed by atoms with Crippen LogP contribution in [-0.4, -0.2) is 32.7 Å². The summed E-state index contributed by atoms with van der Waals surface area (Å²) in [6.45, 7) is 0.194. The van der Waals surface area contributed by atoms with Crippen LogP contribution < -0.4 is 14.8 Å². The minimum atomic E-state index is -3.90. The summed E-state index contributed by atoms with van der Waals surface area (Å²) >= 11 is 0.